The minimum atomic E-state index is -1.40. The molecule has 1 amide bonds. The lowest BCUT2D eigenvalue weighted by Gasteiger charge is -2.03. The third-order valence-corrected chi connectivity index (χ3v) is 3.51. The van der Waals surface area contributed by atoms with Crippen LogP contribution in [0, 0.1) is 0 Å². The number of carbonyl (C=O) groups is 1. The Morgan fingerprint density at radius 2 is 2.10 bits per heavy atom. The number of hydrogen-bond acceptors (Lipinski definition) is 6. The standard InChI is InChI=1S/C14H16N2O4S/c17-12(18)6-7-20-14-16-9-11(21-14)13(19)15-8-10-4-2-1-3-5-10/h1-5,9,12,17-18H,6-8H2,(H,15,19). The molecule has 0 aliphatic heterocycles. The van der Waals surface area contributed by atoms with Gasteiger partial charge in [0.2, 0.25) is 0 Å². The first-order chi connectivity index (χ1) is 10.1. The normalized spacial score (nSPS) is 10.6. The molecular formula is C14H16N2O4S. The van der Waals surface area contributed by atoms with E-state index in [4.69, 9.17) is 14.9 Å². The minimum absolute atomic E-state index is 0.0924. The summed E-state index contributed by atoms with van der Waals surface area (Å²) in [6.45, 7) is 0.584. The minimum Gasteiger partial charge on any atom is -0.470 e. The first kappa shape index (κ1) is 15.4. The van der Waals surface area contributed by atoms with E-state index in [9.17, 15) is 4.79 Å². The number of aromatic nitrogens is 1. The van der Waals surface area contributed by atoms with Crippen LogP contribution < -0.4 is 10.1 Å². The maximum absolute atomic E-state index is 11.9. The zero-order valence-electron chi connectivity index (χ0n) is 11.2. The number of aliphatic hydroxyl groups is 2. The summed E-state index contributed by atoms with van der Waals surface area (Å²) in [5, 5.41) is 20.5. The molecule has 1 heterocycles. The van der Waals surface area contributed by atoms with Crippen LogP contribution >= 0.6 is 11.3 Å². The van der Waals surface area contributed by atoms with E-state index < -0.39 is 6.29 Å². The number of rotatable bonds is 7. The lowest BCUT2D eigenvalue weighted by Crippen LogP contribution is -2.21. The summed E-state index contributed by atoms with van der Waals surface area (Å²) in [4.78, 5) is 16.3. The highest BCUT2D eigenvalue weighted by atomic mass is 32.1. The van der Waals surface area contributed by atoms with Crippen LogP contribution in [0.15, 0.2) is 36.5 Å². The maximum atomic E-state index is 11.9. The molecule has 112 valence electrons. The lowest BCUT2D eigenvalue weighted by molar-refractivity contribution is -0.0519. The van der Waals surface area contributed by atoms with Gasteiger partial charge in [-0.25, -0.2) is 4.98 Å². The Labute approximate surface area is 126 Å². The van der Waals surface area contributed by atoms with E-state index in [0.717, 1.165) is 16.9 Å². The number of carbonyl (C=O) groups excluding carboxylic acids is 1. The average molecular weight is 308 g/mol. The Balaban J connectivity index is 1.81. The SMILES string of the molecule is O=C(NCc1ccccc1)c1cnc(OCCC(O)O)s1. The molecule has 3 N–H and O–H groups in total. The highest BCUT2D eigenvalue weighted by Crippen LogP contribution is 2.20. The Hall–Kier alpha value is -1.96. The van der Waals surface area contributed by atoms with Crippen molar-refractivity contribution in [1.29, 1.82) is 0 Å². The van der Waals surface area contributed by atoms with Gasteiger partial charge in [-0.1, -0.05) is 41.7 Å². The van der Waals surface area contributed by atoms with Gasteiger partial charge in [0.1, 0.15) is 4.88 Å². The molecular weight excluding hydrogens is 292 g/mol. The van der Waals surface area contributed by atoms with E-state index in [1.54, 1.807) is 0 Å². The molecule has 0 saturated carbocycles. The van der Waals surface area contributed by atoms with E-state index in [1.165, 1.54) is 6.20 Å². The molecule has 2 rings (SSSR count). The predicted octanol–water partition coefficient (Wildman–Crippen LogP) is 1.15. The van der Waals surface area contributed by atoms with E-state index in [0.29, 0.717) is 16.6 Å². The molecule has 0 fully saturated rings. The fourth-order valence-electron chi connectivity index (χ4n) is 1.55. The van der Waals surface area contributed by atoms with Gasteiger partial charge < -0.3 is 20.3 Å². The van der Waals surface area contributed by atoms with Crippen molar-refractivity contribution >= 4 is 17.2 Å². The van der Waals surface area contributed by atoms with Crippen LogP contribution in [0.3, 0.4) is 0 Å². The summed E-state index contributed by atoms with van der Waals surface area (Å²) >= 11 is 1.12. The average Bonchev–Trinajstić information content (AvgIpc) is 2.94. The van der Waals surface area contributed by atoms with Crippen molar-refractivity contribution in [1.82, 2.24) is 10.3 Å². The molecule has 2 aromatic rings. The zero-order valence-corrected chi connectivity index (χ0v) is 12.0. The van der Waals surface area contributed by atoms with Crippen LogP contribution in [0.5, 0.6) is 5.19 Å². The largest absolute Gasteiger partial charge is 0.470 e. The molecule has 1 aromatic heterocycles. The van der Waals surface area contributed by atoms with Crippen LogP contribution in [0.2, 0.25) is 0 Å². The fourth-order valence-corrected chi connectivity index (χ4v) is 2.25. The van der Waals surface area contributed by atoms with E-state index in [2.05, 4.69) is 10.3 Å². The second kappa shape index (κ2) is 7.72. The summed E-state index contributed by atoms with van der Waals surface area (Å²) in [5.41, 5.74) is 1.02. The smallest absolute Gasteiger partial charge is 0.273 e. The first-order valence-corrected chi connectivity index (χ1v) is 7.23. The first-order valence-electron chi connectivity index (χ1n) is 6.42. The van der Waals surface area contributed by atoms with Gasteiger partial charge in [-0.2, -0.15) is 0 Å². The van der Waals surface area contributed by atoms with Crippen molar-refractivity contribution < 1.29 is 19.7 Å². The quantitative estimate of drug-likeness (QED) is 0.667. The number of nitrogens with one attached hydrogen (secondary N) is 1. The van der Waals surface area contributed by atoms with Gasteiger partial charge in [0.25, 0.3) is 11.1 Å². The molecule has 0 aliphatic rings. The number of hydrogen-bond donors (Lipinski definition) is 3. The van der Waals surface area contributed by atoms with Gasteiger partial charge >= 0.3 is 0 Å². The molecule has 7 heteroatoms. The van der Waals surface area contributed by atoms with Gasteiger partial charge in [-0.05, 0) is 5.56 Å². The van der Waals surface area contributed by atoms with Crippen LogP contribution in [-0.2, 0) is 6.54 Å². The molecule has 1 aromatic carbocycles. The highest BCUT2D eigenvalue weighted by Gasteiger charge is 2.11. The van der Waals surface area contributed by atoms with Crippen molar-refractivity contribution in [3.05, 3.63) is 47.0 Å². The topological polar surface area (TPSA) is 91.7 Å². The van der Waals surface area contributed by atoms with Crippen LogP contribution in [0.1, 0.15) is 21.7 Å². The molecule has 0 spiro atoms. The summed E-state index contributed by atoms with van der Waals surface area (Å²) in [6.07, 6.45) is 0.128. The predicted molar refractivity (Wildman–Crippen MR) is 78.1 cm³/mol. The maximum Gasteiger partial charge on any atom is 0.273 e. The van der Waals surface area contributed by atoms with E-state index in [-0.39, 0.29) is 18.9 Å². The third-order valence-electron chi connectivity index (χ3n) is 2.61. The van der Waals surface area contributed by atoms with Gasteiger partial charge in [0, 0.05) is 13.0 Å². The van der Waals surface area contributed by atoms with Gasteiger partial charge in [0.05, 0.1) is 12.8 Å². The number of thiazole rings is 1. The molecule has 0 atom stereocenters. The van der Waals surface area contributed by atoms with E-state index in [1.807, 2.05) is 30.3 Å². The number of aliphatic hydroxyl groups excluding tert-OH is 1. The Morgan fingerprint density at radius 3 is 2.81 bits per heavy atom. The van der Waals surface area contributed by atoms with Gasteiger partial charge in [-0.3, -0.25) is 4.79 Å². The summed E-state index contributed by atoms with van der Waals surface area (Å²) in [5.74, 6) is -0.214. The fraction of sp³-hybridized carbons (Fsp3) is 0.286. The Kier molecular flexibility index (Phi) is 5.68. The molecule has 0 aliphatic carbocycles. The van der Waals surface area contributed by atoms with Gasteiger partial charge in [-0.15, -0.1) is 0 Å². The third kappa shape index (κ3) is 5.14. The highest BCUT2D eigenvalue weighted by molar-refractivity contribution is 7.15. The Bertz CT molecular complexity index is 571. The molecule has 6 nitrogen and oxygen atoms in total. The van der Waals surface area contributed by atoms with Gasteiger partial charge in [0.15, 0.2) is 6.29 Å². The summed E-state index contributed by atoms with van der Waals surface area (Å²) < 4.78 is 5.22. The van der Waals surface area contributed by atoms with Crippen LogP contribution in [0.25, 0.3) is 0 Å². The summed E-state index contributed by atoms with van der Waals surface area (Å²) in [7, 11) is 0. The van der Waals surface area contributed by atoms with Crippen LogP contribution in [0.4, 0.5) is 0 Å². The van der Waals surface area contributed by atoms with Crippen LogP contribution in [-0.4, -0.2) is 34.0 Å². The lowest BCUT2D eigenvalue weighted by atomic mass is 10.2. The zero-order chi connectivity index (χ0) is 15.1. The van der Waals surface area contributed by atoms with Crippen molar-refractivity contribution in [3.63, 3.8) is 0 Å². The Morgan fingerprint density at radius 1 is 1.33 bits per heavy atom. The number of amides is 1. The molecule has 0 radical (unpaired) electrons. The van der Waals surface area contributed by atoms with Crippen molar-refractivity contribution in [3.8, 4) is 5.19 Å². The number of nitrogens with zero attached hydrogens (tertiary/aromatic N) is 1. The van der Waals surface area contributed by atoms with E-state index >= 15 is 0 Å². The molecule has 21 heavy (non-hydrogen) atoms. The second-order valence-electron chi connectivity index (χ2n) is 4.28. The monoisotopic (exact) mass is 308 g/mol. The molecule has 0 unspecified atom stereocenters. The second-order valence-corrected chi connectivity index (χ2v) is 5.27. The molecule has 0 saturated heterocycles. The summed E-state index contributed by atoms with van der Waals surface area (Å²) in [6, 6.07) is 9.61. The number of ether oxygens (including phenoxy) is 1. The van der Waals surface area contributed by atoms with Crippen molar-refractivity contribution in [2.75, 3.05) is 6.61 Å². The molecule has 0 bridgehead atoms. The van der Waals surface area contributed by atoms with Crippen molar-refractivity contribution in [2.24, 2.45) is 0 Å². The van der Waals surface area contributed by atoms with Crippen molar-refractivity contribution in [2.45, 2.75) is 19.3 Å². The number of benzene rings is 1.